The van der Waals surface area contributed by atoms with E-state index in [1.165, 1.54) is 0 Å². The number of nitrogens with two attached hydrogens (primary N) is 1. The highest BCUT2D eigenvalue weighted by Crippen LogP contribution is 2.36. The van der Waals surface area contributed by atoms with Crippen LogP contribution in [-0.2, 0) is 11.3 Å². The summed E-state index contributed by atoms with van der Waals surface area (Å²) < 4.78 is 15.9. The molecule has 4 nitrogen and oxygen atoms in total. The largest absolute Gasteiger partial charge is 0.493 e. The van der Waals surface area contributed by atoms with E-state index in [9.17, 15) is 0 Å². The Hall–Kier alpha value is -1.26. The third kappa shape index (κ3) is 3.11. The van der Waals surface area contributed by atoms with Gasteiger partial charge in [-0.3, -0.25) is 0 Å². The van der Waals surface area contributed by atoms with Crippen molar-refractivity contribution in [2.75, 3.05) is 27.9 Å². The first-order chi connectivity index (χ1) is 8.17. The van der Waals surface area contributed by atoms with E-state index in [1.807, 2.05) is 6.07 Å². The van der Waals surface area contributed by atoms with Crippen LogP contribution in [0, 0.1) is 0 Å². The summed E-state index contributed by atoms with van der Waals surface area (Å²) in [6.07, 6.45) is 0. The first-order valence-electron chi connectivity index (χ1n) is 5.61. The van der Waals surface area contributed by atoms with Crippen LogP contribution < -0.4 is 15.2 Å². The Morgan fingerprint density at radius 3 is 2.35 bits per heavy atom. The second kappa shape index (κ2) is 6.47. The minimum Gasteiger partial charge on any atom is -0.493 e. The average Bonchev–Trinajstić information content (AvgIpc) is 2.37. The first kappa shape index (κ1) is 13.8. The fraction of sp³-hybridized carbons (Fsp3) is 0.538. The molecule has 0 bridgehead atoms. The zero-order valence-electron chi connectivity index (χ0n) is 10.9. The van der Waals surface area contributed by atoms with Crippen LogP contribution >= 0.6 is 0 Å². The SMILES string of the molecule is COCc1cc(OC)c(OC)c(C(C)CN)c1. The quantitative estimate of drug-likeness (QED) is 0.824. The van der Waals surface area contributed by atoms with Crippen molar-refractivity contribution in [3.8, 4) is 11.5 Å². The molecule has 0 saturated heterocycles. The Morgan fingerprint density at radius 2 is 1.88 bits per heavy atom. The lowest BCUT2D eigenvalue weighted by Gasteiger charge is -2.18. The summed E-state index contributed by atoms with van der Waals surface area (Å²) >= 11 is 0. The van der Waals surface area contributed by atoms with E-state index < -0.39 is 0 Å². The van der Waals surface area contributed by atoms with Gasteiger partial charge in [0.05, 0.1) is 20.8 Å². The minimum absolute atomic E-state index is 0.218. The van der Waals surface area contributed by atoms with E-state index in [4.69, 9.17) is 19.9 Å². The van der Waals surface area contributed by atoms with Crippen molar-refractivity contribution in [3.63, 3.8) is 0 Å². The van der Waals surface area contributed by atoms with Crippen LogP contribution in [0.5, 0.6) is 11.5 Å². The normalized spacial score (nSPS) is 12.3. The maximum Gasteiger partial charge on any atom is 0.164 e. The van der Waals surface area contributed by atoms with Crippen LogP contribution in [0.25, 0.3) is 0 Å². The van der Waals surface area contributed by atoms with E-state index in [1.54, 1.807) is 21.3 Å². The van der Waals surface area contributed by atoms with Crippen LogP contribution in [0.3, 0.4) is 0 Å². The molecule has 0 saturated carbocycles. The summed E-state index contributed by atoms with van der Waals surface area (Å²) in [5.74, 6) is 1.69. The molecule has 0 amide bonds. The first-order valence-corrected chi connectivity index (χ1v) is 5.61. The lowest BCUT2D eigenvalue weighted by molar-refractivity contribution is 0.184. The molecule has 0 aliphatic heterocycles. The molecule has 1 rings (SSSR count). The van der Waals surface area contributed by atoms with Gasteiger partial charge >= 0.3 is 0 Å². The van der Waals surface area contributed by atoms with Crippen LogP contribution in [0.2, 0.25) is 0 Å². The molecular weight excluding hydrogens is 218 g/mol. The molecule has 0 aliphatic carbocycles. The van der Waals surface area contributed by atoms with Gasteiger partial charge in [-0.15, -0.1) is 0 Å². The molecule has 0 spiro atoms. The fourth-order valence-electron chi connectivity index (χ4n) is 1.80. The van der Waals surface area contributed by atoms with Gasteiger partial charge in [-0.25, -0.2) is 0 Å². The Labute approximate surface area is 103 Å². The molecule has 96 valence electrons. The predicted octanol–water partition coefficient (Wildman–Crippen LogP) is 1.91. The van der Waals surface area contributed by atoms with Gasteiger partial charge in [0, 0.05) is 12.7 Å². The Kier molecular flexibility index (Phi) is 5.25. The lowest BCUT2D eigenvalue weighted by atomic mass is 9.97. The zero-order chi connectivity index (χ0) is 12.8. The molecule has 17 heavy (non-hydrogen) atoms. The van der Waals surface area contributed by atoms with Crippen LogP contribution in [0.15, 0.2) is 12.1 Å². The van der Waals surface area contributed by atoms with E-state index in [0.29, 0.717) is 13.2 Å². The van der Waals surface area contributed by atoms with Crippen LogP contribution in [0.1, 0.15) is 24.0 Å². The Bertz CT molecular complexity index is 366. The third-order valence-corrected chi connectivity index (χ3v) is 2.76. The monoisotopic (exact) mass is 239 g/mol. The molecular formula is C13H21NO3. The third-order valence-electron chi connectivity index (χ3n) is 2.76. The topological polar surface area (TPSA) is 53.7 Å². The Morgan fingerprint density at radius 1 is 1.18 bits per heavy atom. The molecule has 0 aliphatic rings. The number of ether oxygens (including phenoxy) is 3. The molecule has 2 N–H and O–H groups in total. The summed E-state index contributed by atoms with van der Waals surface area (Å²) in [7, 11) is 4.94. The molecule has 4 heteroatoms. The number of rotatable bonds is 6. The van der Waals surface area contributed by atoms with Crippen molar-refractivity contribution in [2.45, 2.75) is 19.4 Å². The predicted molar refractivity (Wildman–Crippen MR) is 67.7 cm³/mol. The number of methoxy groups -OCH3 is 3. The van der Waals surface area contributed by atoms with Crippen LogP contribution in [0.4, 0.5) is 0 Å². The second-order valence-corrected chi connectivity index (χ2v) is 3.99. The van der Waals surface area contributed by atoms with Crippen molar-refractivity contribution >= 4 is 0 Å². The molecule has 0 radical (unpaired) electrons. The molecule has 1 atom stereocenters. The van der Waals surface area contributed by atoms with Gasteiger partial charge in [-0.1, -0.05) is 6.92 Å². The van der Waals surface area contributed by atoms with Gasteiger partial charge in [0.15, 0.2) is 11.5 Å². The fourth-order valence-corrected chi connectivity index (χ4v) is 1.80. The number of hydrogen-bond acceptors (Lipinski definition) is 4. The summed E-state index contributed by atoms with van der Waals surface area (Å²) in [5.41, 5.74) is 7.83. The highest BCUT2D eigenvalue weighted by atomic mass is 16.5. The highest BCUT2D eigenvalue weighted by Gasteiger charge is 2.16. The molecule has 1 unspecified atom stereocenters. The van der Waals surface area contributed by atoms with Gasteiger partial charge in [-0.2, -0.15) is 0 Å². The maximum absolute atomic E-state index is 5.72. The van der Waals surface area contributed by atoms with Crippen molar-refractivity contribution in [1.29, 1.82) is 0 Å². The lowest BCUT2D eigenvalue weighted by Crippen LogP contribution is -2.11. The van der Waals surface area contributed by atoms with E-state index in [-0.39, 0.29) is 5.92 Å². The number of benzene rings is 1. The molecule has 1 aromatic carbocycles. The smallest absolute Gasteiger partial charge is 0.164 e. The van der Waals surface area contributed by atoms with Crippen LogP contribution in [-0.4, -0.2) is 27.9 Å². The van der Waals surface area contributed by atoms with Gasteiger partial charge in [0.25, 0.3) is 0 Å². The van der Waals surface area contributed by atoms with Crippen molar-refractivity contribution in [3.05, 3.63) is 23.3 Å². The number of hydrogen-bond donors (Lipinski definition) is 1. The van der Waals surface area contributed by atoms with Gasteiger partial charge < -0.3 is 19.9 Å². The summed E-state index contributed by atoms with van der Waals surface area (Å²) in [6, 6.07) is 3.98. The highest BCUT2D eigenvalue weighted by molar-refractivity contribution is 5.51. The van der Waals surface area contributed by atoms with Crippen molar-refractivity contribution in [1.82, 2.24) is 0 Å². The minimum atomic E-state index is 0.218. The van der Waals surface area contributed by atoms with Crippen molar-refractivity contribution < 1.29 is 14.2 Å². The standard InChI is InChI=1S/C13H21NO3/c1-9(7-14)11-5-10(8-15-2)6-12(16-3)13(11)17-4/h5-6,9H,7-8,14H2,1-4H3. The molecule has 1 aromatic rings. The van der Waals surface area contributed by atoms with Gasteiger partial charge in [0.1, 0.15) is 0 Å². The summed E-state index contributed by atoms with van der Waals surface area (Å²) in [4.78, 5) is 0. The Balaban J connectivity index is 3.26. The van der Waals surface area contributed by atoms with E-state index in [2.05, 4.69) is 13.0 Å². The summed E-state index contributed by atoms with van der Waals surface area (Å²) in [5, 5.41) is 0. The molecule has 0 aromatic heterocycles. The average molecular weight is 239 g/mol. The van der Waals surface area contributed by atoms with Crippen molar-refractivity contribution in [2.24, 2.45) is 5.73 Å². The van der Waals surface area contributed by atoms with Gasteiger partial charge in [-0.05, 0) is 30.2 Å². The molecule has 0 fully saturated rings. The van der Waals surface area contributed by atoms with Gasteiger partial charge in [0.2, 0.25) is 0 Å². The second-order valence-electron chi connectivity index (χ2n) is 3.99. The van der Waals surface area contributed by atoms with E-state index in [0.717, 1.165) is 22.6 Å². The van der Waals surface area contributed by atoms with E-state index >= 15 is 0 Å². The molecule has 0 heterocycles. The maximum atomic E-state index is 5.72. The zero-order valence-corrected chi connectivity index (χ0v) is 10.9. The summed E-state index contributed by atoms with van der Waals surface area (Å²) in [6.45, 7) is 3.18.